The van der Waals surface area contributed by atoms with Gasteiger partial charge in [-0.2, -0.15) is 0 Å². The number of phenolic OH excluding ortho intramolecular Hbond substituents is 1. The van der Waals surface area contributed by atoms with Gasteiger partial charge < -0.3 is 15.3 Å². The molecule has 0 amide bonds. The summed E-state index contributed by atoms with van der Waals surface area (Å²) in [5.41, 5.74) is 3.49. The first kappa shape index (κ1) is 15.3. The van der Waals surface area contributed by atoms with Crippen LogP contribution in [0.5, 0.6) is 5.75 Å². The van der Waals surface area contributed by atoms with Crippen LogP contribution in [0, 0.1) is 13.8 Å². The van der Waals surface area contributed by atoms with Crippen molar-refractivity contribution >= 4 is 0 Å². The molecule has 0 unspecified atom stereocenters. The fraction of sp³-hybridized carbons (Fsp3) is 0.375. The molecule has 0 heterocycles. The highest BCUT2D eigenvalue weighted by Crippen LogP contribution is 2.25. The molecule has 0 spiro atoms. The number of phenols is 1. The molecule has 3 N–H and O–H groups in total. The minimum Gasteiger partial charge on any atom is -0.508 e. The number of hydrogen-bond donors (Lipinski definition) is 3. The molecule has 19 heavy (non-hydrogen) atoms. The highest BCUT2D eigenvalue weighted by molar-refractivity contribution is 5.44. The Labute approximate surface area is 114 Å². The van der Waals surface area contributed by atoms with Gasteiger partial charge in [0.25, 0.3) is 0 Å². The van der Waals surface area contributed by atoms with Gasteiger partial charge in [-0.1, -0.05) is 25.1 Å². The van der Waals surface area contributed by atoms with E-state index in [9.17, 15) is 10.2 Å². The number of hydrogen-bond acceptors (Lipinski definition) is 3. The van der Waals surface area contributed by atoms with Gasteiger partial charge in [-0.25, -0.2) is 0 Å². The molecule has 104 valence electrons. The Morgan fingerprint density at radius 1 is 1.16 bits per heavy atom. The Bertz CT molecular complexity index is 476. The number of benzene rings is 1. The van der Waals surface area contributed by atoms with E-state index in [1.807, 2.05) is 39.0 Å². The van der Waals surface area contributed by atoms with E-state index in [0.717, 1.165) is 28.7 Å². The summed E-state index contributed by atoms with van der Waals surface area (Å²) < 4.78 is 0. The first-order valence-electron chi connectivity index (χ1n) is 6.48. The molecule has 0 bridgehead atoms. The van der Waals surface area contributed by atoms with E-state index >= 15 is 0 Å². The van der Waals surface area contributed by atoms with Crippen LogP contribution in [0.1, 0.15) is 30.0 Å². The lowest BCUT2D eigenvalue weighted by molar-refractivity contribution is 0.331. The summed E-state index contributed by atoms with van der Waals surface area (Å²) in [6.07, 6.45) is 4.73. The van der Waals surface area contributed by atoms with Crippen molar-refractivity contribution in [2.45, 2.75) is 33.6 Å². The number of aryl methyl sites for hydroxylation is 2. The summed E-state index contributed by atoms with van der Waals surface area (Å²) in [7, 11) is 0. The highest BCUT2D eigenvalue weighted by atomic mass is 16.3. The third-order valence-electron chi connectivity index (χ3n) is 3.01. The lowest BCUT2D eigenvalue weighted by atomic mass is 9.98. The van der Waals surface area contributed by atoms with Crippen LogP contribution in [-0.2, 0) is 6.42 Å². The van der Waals surface area contributed by atoms with Crippen molar-refractivity contribution in [1.29, 1.82) is 0 Å². The fourth-order valence-corrected chi connectivity index (χ4v) is 2.10. The zero-order valence-electron chi connectivity index (χ0n) is 11.8. The summed E-state index contributed by atoms with van der Waals surface area (Å²) in [6.45, 7) is 5.54. The fourth-order valence-electron chi connectivity index (χ4n) is 2.10. The van der Waals surface area contributed by atoms with Gasteiger partial charge >= 0.3 is 0 Å². The molecule has 0 aromatic heterocycles. The molecule has 0 radical (unpaired) electrons. The van der Waals surface area contributed by atoms with Gasteiger partial charge in [0.15, 0.2) is 0 Å². The molecular formula is C16H22O3. The van der Waals surface area contributed by atoms with Gasteiger partial charge in [0.2, 0.25) is 0 Å². The van der Waals surface area contributed by atoms with Gasteiger partial charge in [0.05, 0.1) is 6.61 Å². The lowest BCUT2D eigenvalue weighted by Gasteiger charge is -2.10. The standard InChI is InChI=1S/C16H22O3/c1-4-5-14(15(18)6-7-17)10-13-8-11(2)16(19)12(3)9-13/h5-6,8-9,17-19H,4,7,10H2,1-3H3/b14-5-,15-6+. The van der Waals surface area contributed by atoms with Crippen molar-refractivity contribution in [2.75, 3.05) is 6.61 Å². The maximum absolute atomic E-state index is 9.88. The maximum atomic E-state index is 9.88. The molecule has 0 fully saturated rings. The number of rotatable bonds is 5. The zero-order chi connectivity index (χ0) is 14.4. The second kappa shape index (κ2) is 7.00. The van der Waals surface area contributed by atoms with Crippen LogP contribution in [0.2, 0.25) is 0 Å². The Balaban J connectivity index is 3.05. The van der Waals surface area contributed by atoms with Crippen LogP contribution in [-0.4, -0.2) is 21.9 Å². The number of aliphatic hydroxyl groups is 2. The van der Waals surface area contributed by atoms with Crippen LogP contribution in [0.15, 0.2) is 35.6 Å². The van der Waals surface area contributed by atoms with Gasteiger partial charge in [0.1, 0.15) is 11.5 Å². The van der Waals surface area contributed by atoms with E-state index in [1.165, 1.54) is 6.08 Å². The predicted molar refractivity (Wildman–Crippen MR) is 77.5 cm³/mol. The van der Waals surface area contributed by atoms with Crippen molar-refractivity contribution in [1.82, 2.24) is 0 Å². The smallest absolute Gasteiger partial charge is 0.121 e. The van der Waals surface area contributed by atoms with Gasteiger partial charge in [0, 0.05) is 6.42 Å². The molecule has 1 aromatic carbocycles. The Morgan fingerprint density at radius 2 is 1.74 bits per heavy atom. The molecule has 3 heteroatoms. The second-order valence-corrected chi connectivity index (χ2v) is 4.66. The van der Waals surface area contributed by atoms with Crippen LogP contribution in [0.4, 0.5) is 0 Å². The van der Waals surface area contributed by atoms with Crippen molar-refractivity contribution in [3.63, 3.8) is 0 Å². The van der Waals surface area contributed by atoms with Crippen LogP contribution in [0.25, 0.3) is 0 Å². The molecule has 0 saturated carbocycles. The first-order chi connectivity index (χ1) is 8.99. The third-order valence-corrected chi connectivity index (χ3v) is 3.01. The minimum atomic E-state index is -0.180. The molecule has 0 aliphatic carbocycles. The monoisotopic (exact) mass is 262 g/mol. The molecule has 0 atom stereocenters. The van der Waals surface area contributed by atoms with Crippen molar-refractivity contribution in [3.8, 4) is 5.75 Å². The van der Waals surface area contributed by atoms with E-state index in [-0.39, 0.29) is 12.4 Å². The lowest BCUT2D eigenvalue weighted by Crippen LogP contribution is -1.97. The van der Waals surface area contributed by atoms with Crippen LogP contribution in [0.3, 0.4) is 0 Å². The zero-order valence-corrected chi connectivity index (χ0v) is 11.8. The van der Waals surface area contributed by atoms with E-state index in [1.54, 1.807) is 0 Å². The van der Waals surface area contributed by atoms with E-state index in [2.05, 4.69) is 0 Å². The number of allylic oxidation sites excluding steroid dienone is 2. The Kier molecular flexibility index (Phi) is 5.64. The average molecular weight is 262 g/mol. The maximum Gasteiger partial charge on any atom is 0.121 e. The Morgan fingerprint density at radius 3 is 2.21 bits per heavy atom. The second-order valence-electron chi connectivity index (χ2n) is 4.66. The Hall–Kier alpha value is -1.74. The number of aromatic hydroxyl groups is 1. The van der Waals surface area contributed by atoms with Gasteiger partial charge in [-0.05, 0) is 48.6 Å². The van der Waals surface area contributed by atoms with Crippen molar-refractivity contribution in [3.05, 3.63) is 52.3 Å². The summed E-state index contributed by atoms with van der Waals surface area (Å²) in [5, 5.41) is 28.5. The normalized spacial score (nSPS) is 12.8. The van der Waals surface area contributed by atoms with Crippen molar-refractivity contribution < 1.29 is 15.3 Å². The molecule has 1 rings (SSSR count). The van der Waals surface area contributed by atoms with E-state index in [4.69, 9.17) is 5.11 Å². The molecule has 0 saturated heterocycles. The van der Waals surface area contributed by atoms with Gasteiger partial charge in [-0.15, -0.1) is 0 Å². The first-order valence-corrected chi connectivity index (χ1v) is 6.48. The highest BCUT2D eigenvalue weighted by Gasteiger charge is 2.08. The van der Waals surface area contributed by atoms with Crippen LogP contribution >= 0.6 is 0 Å². The topological polar surface area (TPSA) is 60.7 Å². The largest absolute Gasteiger partial charge is 0.508 e. The van der Waals surface area contributed by atoms with Gasteiger partial charge in [-0.3, -0.25) is 0 Å². The summed E-state index contributed by atoms with van der Waals surface area (Å²) >= 11 is 0. The quantitative estimate of drug-likeness (QED) is 0.563. The third kappa shape index (κ3) is 4.14. The van der Waals surface area contributed by atoms with E-state index < -0.39 is 0 Å². The number of aliphatic hydroxyl groups excluding tert-OH is 2. The minimum absolute atomic E-state index is 0.118. The average Bonchev–Trinajstić information content (AvgIpc) is 2.35. The summed E-state index contributed by atoms with van der Waals surface area (Å²) in [5.74, 6) is 0.438. The molecule has 3 nitrogen and oxygen atoms in total. The van der Waals surface area contributed by atoms with E-state index in [0.29, 0.717) is 12.2 Å². The molecule has 0 aliphatic heterocycles. The predicted octanol–water partition coefficient (Wildman–Crippen LogP) is 3.32. The molecule has 1 aromatic rings. The van der Waals surface area contributed by atoms with Crippen LogP contribution < -0.4 is 0 Å². The summed E-state index contributed by atoms with van der Waals surface area (Å²) in [6, 6.07) is 3.83. The molecular weight excluding hydrogens is 240 g/mol. The molecule has 0 aliphatic rings. The summed E-state index contributed by atoms with van der Waals surface area (Å²) in [4.78, 5) is 0. The van der Waals surface area contributed by atoms with Crippen molar-refractivity contribution in [2.24, 2.45) is 0 Å². The SMILES string of the molecule is CC/C=C(Cc1cc(C)c(O)c(C)c1)\C(O)=C/CO.